The Balaban J connectivity index is 1.21. The number of pyridine rings is 2. The monoisotopic (exact) mass is 987 g/mol. The smallest absolute Gasteiger partial charge is 0.320 e. The maximum absolute atomic E-state index is 11.9. The van der Waals surface area contributed by atoms with Crippen molar-refractivity contribution >= 4 is 35.1 Å². The van der Waals surface area contributed by atoms with E-state index in [1.54, 1.807) is 48.8 Å². The van der Waals surface area contributed by atoms with Gasteiger partial charge in [0, 0.05) is 73.4 Å². The van der Waals surface area contributed by atoms with Crippen molar-refractivity contribution in [3.63, 3.8) is 0 Å². The molecular weight excluding hydrogens is 938 g/mol. The molecule has 0 saturated carbocycles. The highest BCUT2D eigenvalue weighted by atomic mass is 35.5. The van der Waals surface area contributed by atoms with E-state index in [4.69, 9.17) is 42.1 Å². The number of nitriles is 2. The fourth-order valence-electron chi connectivity index (χ4n) is 7.68. The third-order valence-electron chi connectivity index (χ3n) is 11.7. The Morgan fingerprint density at radius 3 is 1.57 bits per heavy atom. The fraction of sp³-hybridized carbons (Fsp3) is 0.283. The Morgan fingerprint density at radius 2 is 1.10 bits per heavy atom. The van der Waals surface area contributed by atoms with Gasteiger partial charge in [0.25, 0.3) is 0 Å². The summed E-state index contributed by atoms with van der Waals surface area (Å²) in [6, 6.07) is 25.0. The lowest BCUT2D eigenvalue weighted by atomic mass is 9.92. The normalized spacial score (nSPS) is 11.8. The third-order valence-corrected chi connectivity index (χ3v) is 12.2. The number of ether oxygens (including phenoxy) is 4. The van der Waals surface area contributed by atoms with E-state index in [1.165, 1.54) is 12.4 Å². The Labute approximate surface area is 415 Å². The summed E-state index contributed by atoms with van der Waals surface area (Å²) >= 11 is 13.6. The molecule has 0 unspecified atom stereocenters. The molecule has 0 saturated heterocycles. The number of nitrogens with zero attached hydrogens (tertiary/aromatic N) is 4. The number of nitrogens with one attached hydrogen (secondary N) is 1. The van der Waals surface area contributed by atoms with Gasteiger partial charge in [0.05, 0.1) is 27.1 Å². The molecule has 4 aromatic carbocycles. The highest BCUT2D eigenvalue weighted by molar-refractivity contribution is 6.32. The van der Waals surface area contributed by atoms with Gasteiger partial charge in [-0.1, -0.05) is 59.6 Å². The van der Waals surface area contributed by atoms with Crippen LogP contribution < -0.4 is 24.3 Å². The van der Waals surface area contributed by atoms with Gasteiger partial charge in [0.1, 0.15) is 67.6 Å². The van der Waals surface area contributed by atoms with Gasteiger partial charge in [0.2, 0.25) is 0 Å². The lowest BCUT2D eigenvalue weighted by Crippen LogP contribution is -2.37. The van der Waals surface area contributed by atoms with E-state index < -0.39 is 23.9 Å². The predicted molar refractivity (Wildman–Crippen MR) is 261 cm³/mol. The number of carbonyl (C=O) groups is 2. The summed E-state index contributed by atoms with van der Waals surface area (Å²) in [5.74, 6) is -1.41. The fourth-order valence-corrected chi connectivity index (χ4v) is 8.16. The minimum Gasteiger partial charge on any atom is -0.488 e. The van der Waals surface area contributed by atoms with Crippen molar-refractivity contribution in [3.05, 3.63) is 163 Å². The molecular formula is C53H51Cl2N5O10. The van der Waals surface area contributed by atoms with Gasteiger partial charge >= 0.3 is 11.9 Å². The van der Waals surface area contributed by atoms with E-state index >= 15 is 0 Å². The predicted octanol–water partition coefficient (Wildman–Crippen LogP) is 9.07. The Hall–Kier alpha value is -7.24. The number of aryl methyl sites for hydroxylation is 1. The van der Waals surface area contributed by atoms with Crippen LogP contribution in [0.5, 0.6) is 23.0 Å². The van der Waals surface area contributed by atoms with Crippen LogP contribution in [0, 0.1) is 42.4 Å². The number of aliphatic carboxylic acids is 2. The molecule has 6 aromatic rings. The minimum atomic E-state index is -1.11. The number of benzene rings is 4. The molecule has 0 fully saturated rings. The van der Waals surface area contributed by atoms with E-state index in [0.29, 0.717) is 67.8 Å². The molecule has 15 nitrogen and oxygen atoms in total. The molecule has 0 spiro atoms. The molecule has 0 aliphatic carbocycles. The van der Waals surface area contributed by atoms with Crippen molar-refractivity contribution in [1.82, 2.24) is 15.3 Å². The number of hydrogen-bond acceptors (Lipinski definition) is 13. The van der Waals surface area contributed by atoms with Crippen molar-refractivity contribution < 1.29 is 49.0 Å². The average molecular weight is 989 g/mol. The van der Waals surface area contributed by atoms with Crippen molar-refractivity contribution in [1.29, 1.82) is 10.5 Å². The van der Waals surface area contributed by atoms with Gasteiger partial charge < -0.3 is 44.7 Å². The van der Waals surface area contributed by atoms with E-state index in [2.05, 4.69) is 27.4 Å². The number of carboxylic acids is 2. The second-order valence-corrected chi connectivity index (χ2v) is 17.2. The van der Waals surface area contributed by atoms with Crippen LogP contribution in [0.15, 0.2) is 97.6 Å². The van der Waals surface area contributed by atoms with E-state index in [-0.39, 0.29) is 70.5 Å². The molecule has 70 heavy (non-hydrogen) atoms. The number of hydrogen-bond donors (Lipinski definition) is 5. The molecule has 2 heterocycles. The summed E-state index contributed by atoms with van der Waals surface area (Å²) in [6.45, 7) is 3.93. The lowest BCUT2D eigenvalue weighted by molar-refractivity contribution is -0.142. The SMILES string of the molecule is Cc1c(COc2cc(OCc3cncc(C#N)c3)c(CC[C@H](CCO)C(=O)O)cc2Cl)cccc1-c1cccc(COc2cc(OCc3cncc(C#N)c3)c(CN[C@@H](CCO)C(=O)O)cc2Cl)c1C. The first-order valence-corrected chi connectivity index (χ1v) is 23.0. The van der Waals surface area contributed by atoms with Crippen molar-refractivity contribution in [3.8, 4) is 46.3 Å². The van der Waals surface area contributed by atoms with Crippen LogP contribution in [0.2, 0.25) is 10.0 Å². The molecule has 2 atom stereocenters. The molecule has 362 valence electrons. The average Bonchev–Trinajstić information content (AvgIpc) is 3.35. The highest BCUT2D eigenvalue weighted by Gasteiger charge is 2.22. The quantitative estimate of drug-likeness (QED) is 0.0360. The summed E-state index contributed by atoms with van der Waals surface area (Å²) in [5.41, 5.74) is 8.91. The standard InChI is InChI=1S/C53H51Cl2N5O10/c1-32-40(30-69-50-19-48(67-28-36-15-34(21-56)23-58-25-36)39(17-45(50)54)10-9-38(11-13-61)52(63)64)5-3-7-43(32)44-8-4-6-41(33(44)2)31-70-51-20-49(68-29-37-16-35(22-57)24-59-26-37)42(18-46(51)55)27-60-47(12-14-62)53(65)66/h3-8,15-20,23-26,38,47,60-62H,9-14,27-31H2,1-2H3,(H,63,64)(H,65,66)/t38-,47+/m1/s1. The molecule has 0 radical (unpaired) electrons. The maximum atomic E-state index is 11.9. The first-order valence-electron chi connectivity index (χ1n) is 22.2. The molecule has 0 bridgehead atoms. The third kappa shape index (κ3) is 13.9. The largest absolute Gasteiger partial charge is 0.488 e. The van der Waals surface area contributed by atoms with Crippen LogP contribution >= 0.6 is 23.2 Å². The van der Waals surface area contributed by atoms with Crippen LogP contribution in [0.3, 0.4) is 0 Å². The summed E-state index contributed by atoms with van der Waals surface area (Å²) < 4.78 is 25.1. The number of aliphatic hydroxyl groups is 2. The molecule has 0 amide bonds. The van der Waals surface area contributed by atoms with Crippen LogP contribution in [0.4, 0.5) is 0 Å². The highest BCUT2D eigenvalue weighted by Crippen LogP contribution is 2.38. The van der Waals surface area contributed by atoms with Crippen LogP contribution in [-0.2, 0) is 49.0 Å². The second kappa shape index (κ2) is 25.4. The number of carboxylic acid groups (broad SMARTS) is 2. The molecule has 6 rings (SSSR count). The van der Waals surface area contributed by atoms with Gasteiger partial charge in [-0.25, -0.2) is 0 Å². The van der Waals surface area contributed by atoms with Gasteiger partial charge in [-0.05, 0) is 103 Å². The first kappa shape index (κ1) is 52.1. The topological polar surface area (TPSA) is 237 Å². The molecule has 2 aromatic heterocycles. The summed E-state index contributed by atoms with van der Waals surface area (Å²) in [7, 11) is 0. The molecule has 0 aliphatic heterocycles. The number of aliphatic hydroxyl groups excluding tert-OH is 2. The first-order chi connectivity index (χ1) is 33.8. The van der Waals surface area contributed by atoms with Gasteiger partial charge in [-0.15, -0.1) is 0 Å². The zero-order valence-electron chi connectivity index (χ0n) is 38.5. The van der Waals surface area contributed by atoms with Crippen molar-refractivity contribution in [2.24, 2.45) is 5.92 Å². The lowest BCUT2D eigenvalue weighted by Gasteiger charge is -2.19. The van der Waals surface area contributed by atoms with Gasteiger partial charge in [-0.2, -0.15) is 10.5 Å². The van der Waals surface area contributed by atoms with Crippen molar-refractivity contribution in [2.45, 2.75) is 78.5 Å². The molecule has 17 heteroatoms. The Kier molecular flexibility index (Phi) is 18.9. The van der Waals surface area contributed by atoms with Crippen LogP contribution in [0.1, 0.15) is 74.9 Å². The van der Waals surface area contributed by atoms with Gasteiger partial charge in [-0.3, -0.25) is 19.6 Å². The van der Waals surface area contributed by atoms with E-state index in [1.807, 2.05) is 50.2 Å². The number of rotatable bonds is 25. The number of aromatic nitrogens is 2. The summed E-state index contributed by atoms with van der Waals surface area (Å²) in [6.07, 6.45) is 6.74. The van der Waals surface area contributed by atoms with E-state index in [9.17, 15) is 40.5 Å². The summed E-state index contributed by atoms with van der Waals surface area (Å²) in [5, 5.41) is 60.4. The van der Waals surface area contributed by atoms with Gasteiger partial charge in [0.15, 0.2) is 0 Å². The zero-order chi connectivity index (χ0) is 50.2. The van der Waals surface area contributed by atoms with Crippen LogP contribution in [0.25, 0.3) is 11.1 Å². The Morgan fingerprint density at radius 1 is 0.614 bits per heavy atom. The maximum Gasteiger partial charge on any atom is 0.320 e. The van der Waals surface area contributed by atoms with Crippen LogP contribution in [-0.4, -0.2) is 61.6 Å². The summed E-state index contributed by atoms with van der Waals surface area (Å²) in [4.78, 5) is 31.9. The van der Waals surface area contributed by atoms with Crippen molar-refractivity contribution in [2.75, 3.05) is 13.2 Å². The Bertz CT molecular complexity index is 2710. The molecule has 0 aliphatic rings. The minimum absolute atomic E-state index is 0.000901. The van der Waals surface area contributed by atoms with E-state index in [0.717, 1.165) is 33.4 Å². The zero-order valence-corrected chi connectivity index (χ0v) is 40.0. The molecule has 5 N–H and O–H groups in total. The second-order valence-electron chi connectivity index (χ2n) is 16.4. The number of halogens is 2.